The number of fused-ring (bicyclic) bond motifs is 3. The molecule has 3 heterocycles. The van der Waals surface area contributed by atoms with Crippen LogP contribution in [-0.4, -0.2) is 31.9 Å². The van der Waals surface area contributed by atoms with Crippen LogP contribution in [0.1, 0.15) is 28.8 Å². The monoisotopic (exact) mass is 216 g/mol. The molecule has 2 aromatic heterocycles. The highest BCUT2D eigenvalue weighted by molar-refractivity contribution is 5.97. The lowest BCUT2D eigenvalue weighted by Crippen LogP contribution is -2.24. The Balaban J connectivity index is 2.29. The fraction of sp³-hybridized carbons (Fsp3) is 0.364. The fourth-order valence-electron chi connectivity index (χ4n) is 2.13. The number of pyridine rings is 1. The van der Waals surface area contributed by atoms with Crippen molar-refractivity contribution in [3.63, 3.8) is 0 Å². The van der Waals surface area contributed by atoms with Crippen molar-refractivity contribution in [1.29, 1.82) is 0 Å². The lowest BCUT2D eigenvalue weighted by atomic mass is 10.2. The number of hydrogen-bond acceptors (Lipinski definition) is 3. The van der Waals surface area contributed by atoms with Gasteiger partial charge in [0.25, 0.3) is 5.91 Å². The number of aryl methyl sites for hydroxylation is 1. The minimum absolute atomic E-state index is 0.0491. The number of aromatic nitrogens is 3. The highest BCUT2D eigenvalue weighted by atomic mass is 16.2. The van der Waals surface area contributed by atoms with Gasteiger partial charge in [-0.2, -0.15) is 5.10 Å². The second-order valence-corrected chi connectivity index (χ2v) is 3.96. The average molecular weight is 216 g/mol. The van der Waals surface area contributed by atoms with Crippen LogP contribution in [-0.2, 0) is 6.54 Å². The number of amides is 1. The minimum Gasteiger partial charge on any atom is -0.333 e. The summed E-state index contributed by atoms with van der Waals surface area (Å²) in [6, 6.07) is 3.87. The van der Waals surface area contributed by atoms with Crippen LogP contribution in [0.25, 0.3) is 5.65 Å². The van der Waals surface area contributed by atoms with Crippen LogP contribution in [0.4, 0.5) is 0 Å². The Morgan fingerprint density at radius 3 is 3.00 bits per heavy atom. The van der Waals surface area contributed by atoms with Crippen molar-refractivity contribution in [1.82, 2.24) is 19.5 Å². The van der Waals surface area contributed by atoms with Crippen molar-refractivity contribution < 1.29 is 4.79 Å². The van der Waals surface area contributed by atoms with E-state index in [9.17, 15) is 4.79 Å². The SMILES string of the molecule is CCN1Cc2ccc3nc(C)nn3c2C1=O. The van der Waals surface area contributed by atoms with E-state index in [4.69, 9.17) is 0 Å². The van der Waals surface area contributed by atoms with Gasteiger partial charge < -0.3 is 4.90 Å². The van der Waals surface area contributed by atoms with Gasteiger partial charge in [-0.15, -0.1) is 0 Å². The van der Waals surface area contributed by atoms with E-state index in [1.165, 1.54) is 0 Å². The molecular weight excluding hydrogens is 204 g/mol. The second kappa shape index (κ2) is 3.04. The molecule has 5 heteroatoms. The molecule has 0 aromatic carbocycles. The molecule has 1 aliphatic rings. The zero-order chi connectivity index (χ0) is 11.3. The van der Waals surface area contributed by atoms with E-state index in [1.807, 2.05) is 26.0 Å². The molecule has 0 saturated heterocycles. The molecular formula is C11H12N4O. The maximum absolute atomic E-state index is 12.1. The van der Waals surface area contributed by atoms with Crippen LogP contribution in [0.5, 0.6) is 0 Å². The molecule has 1 amide bonds. The number of nitrogens with zero attached hydrogens (tertiary/aromatic N) is 4. The lowest BCUT2D eigenvalue weighted by Gasteiger charge is -2.10. The van der Waals surface area contributed by atoms with Gasteiger partial charge in [-0.25, -0.2) is 9.50 Å². The molecule has 0 aliphatic carbocycles. The summed E-state index contributed by atoms with van der Waals surface area (Å²) < 4.78 is 1.66. The smallest absolute Gasteiger partial charge is 0.273 e. The molecule has 0 N–H and O–H groups in total. The van der Waals surface area contributed by atoms with Gasteiger partial charge in [0.15, 0.2) is 5.65 Å². The third-order valence-corrected chi connectivity index (χ3v) is 2.92. The molecule has 3 rings (SSSR count). The Bertz CT molecular complexity index is 587. The third kappa shape index (κ3) is 1.08. The summed E-state index contributed by atoms with van der Waals surface area (Å²) in [4.78, 5) is 18.2. The van der Waals surface area contributed by atoms with Gasteiger partial charge in [0.2, 0.25) is 0 Å². The van der Waals surface area contributed by atoms with Gasteiger partial charge in [-0.05, 0) is 19.9 Å². The lowest BCUT2D eigenvalue weighted by molar-refractivity contribution is 0.0780. The van der Waals surface area contributed by atoms with Gasteiger partial charge in [0.1, 0.15) is 11.5 Å². The molecule has 1 aliphatic heterocycles. The summed E-state index contributed by atoms with van der Waals surface area (Å²) in [5.74, 6) is 0.740. The maximum Gasteiger partial charge on any atom is 0.273 e. The first kappa shape index (κ1) is 9.33. The van der Waals surface area contributed by atoms with Gasteiger partial charge in [-0.1, -0.05) is 6.07 Å². The molecule has 0 unspecified atom stereocenters. The van der Waals surface area contributed by atoms with Crippen molar-refractivity contribution in [2.45, 2.75) is 20.4 Å². The van der Waals surface area contributed by atoms with E-state index >= 15 is 0 Å². The first-order valence-corrected chi connectivity index (χ1v) is 5.35. The summed E-state index contributed by atoms with van der Waals surface area (Å²) in [5, 5.41) is 4.26. The molecule has 0 spiro atoms. The summed E-state index contributed by atoms with van der Waals surface area (Å²) in [6.45, 7) is 5.21. The number of carbonyl (C=O) groups excluding carboxylic acids is 1. The van der Waals surface area contributed by atoms with Crippen molar-refractivity contribution in [3.05, 3.63) is 29.2 Å². The Morgan fingerprint density at radius 1 is 1.44 bits per heavy atom. The van der Waals surface area contributed by atoms with E-state index in [0.717, 1.165) is 17.8 Å². The van der Waals surface area contributed by atoms with E-state index in [-0.39, 0.29) is 5.91 Å². The number of carbonyl (C=O) groups is 1. The molecule has 16 heavy (non-hydrogen) atoms. The number of rotatable bonds is 1. The predicted octanol–water partition coefficient (Wildman–Crippen LogP) is 1.01. The largest absolute Gasteiger partial charge is 0.333 e. The Hall–Kier alpha value is -1.91. The highest BCUT2D eigenvalue weighted by Crippen LogP contribution is 2.22. The maximum atomic E-state index is 12.1. The highest BCUT2D eigenvalue weighted by Gasteiger charge is 2.29. The zero-order valence-corrected chi connectivity index (χ0v) is 9.27. The quantitative estimate of drug-likeness (QED) is 0.715. The summed E-state index contributed by atoms with van der Waals surface area (Å²) in [5.41, 5.74) is 2.44. The van der Waals surface area contributed by atoms with Crippen molar-refractivity contribution in [2.24, 2.45) is 0 Å². The summed E-state index contributed by atoms with van der Waals surface area (Å²) in [6.07, 6.45) is 0. The summed E-state index contributed by atoms with van der Waals surface area (Å²) in [7, 11) is 0. The van der Waals surface area contributed by atoms with E-state index < -0.39 is 0 Å². The topological polar surface area (TPSA) is 50.5 Å². The molecule has 0 radical (unpaired) electrons. The molecule has 0 saturated carbocycles. The zero-order valence-electron chi connectivity index (χ0n) is 9.27. The Kier molecular flexibility index (Phi) is 1.77. The van der Waals surface area contributed by atoms with Crippen LogP contribution in [0.15, 0.2) is 12.1 Å². The van der Waals surface area contributed by atoms with Gasteiger partial charge in [0, 0.05) is 18.7 Å². The first-order valence-electron chi connectivity index (χ1n) is 5.35. The predicted molar refractivity (Wildman–Crippen MR) is 58.1 cm³/mol. The Labute approximate surface area is 92.7 Å². The normalized spacial score (nSPS) is 14.9. The standard InChI is InChI=1S/C11H12N4O/c1-3-14-6-8-4-5-9-12-7(2)13-15(9)10(8)11(14)16/h4-5H,3,6H2,1-2H3. The molecule has 5 nitrogen and oxygen atoms in total. The minimum atomic E-state index is 0.0491. The third-order valence-electron chi connectivity index (χ3n) is 2.92. The molecule has 2 aromatic rings. The van der Waals surface area contributed by atoms with Crippen molar-refractivity contribution in [2.75, 3.05) is 6.54 Å². The second-order valence-electron chi connectivity index (χ2n) is 3.96. The molecule has 0 fully saturated rings. The average Bonchev–Trinajstić information content (AvgIpc) is 2.78. The fourth-order valence-corrected chi connectivity index (χ4v) is 2.13. The van der Waals surface area contributed by atoms with Crippen LogP contribution < -0.4 is 0 Å². The molecule has 0 bridgehead atoms. The van der Waals surface area contributed by atoms with Crippen LogP contribution in [0, 0.1) is 6.92 Å². The van der Waals surface area contributed by atoms with E-state index in [0.29, 0.717) is 18.1 Å². The van der Waals surface area contributed by atoms with Crippen molar-refractivity contribution in [3.8, 4) is 0 Å². The van der Waals surface area contributed by atoms with Crippen LogP contribution in [0.2, 0.25) is 0 Å². The summed E-state index contributed by atoms with van der Waals surface area (Å²) >= 11 is 0. The van der Waals surface area contributed by atoms with Crippen LogP contribution in [0.3, 0.4) is 0 Å². The molecule has 82 valence electrons. The van der Waals surface area contributed by atoms with Crippen LogP contribution >= 0.6 is 0 Å². The van der Waals surface area contributed by atoms with Gasteiger partial charge >= 0.3 is 0 Å². The molecule has 0 atom stereocenters. The van der Waals surface area contributed by atoms with Crippen molar-refractivity contribution >= 4 is 11.6 Å². The Morgan fingerprint density at radius 2 is 2.25 bits per heavy atom. The van der Waals surface area contributed by atoms with Gasteiger partial charge in [-0.3, -0.25) is 4.79 Å². The number of hydrogen-bond donors (Lipinski definition) is 0. The van der Waals surface area contributed by atoms with Gasteiger partial charge in [0.05, 0.1) is 0 Å². The van der Waals surface area contributed by atoms with E-state index in [1.54, 1.807) is 9.42 Å². The first-order chi connectivity index (χ1) is 7.70. The van der Waals surface area contributed by atoms with E-state index in [2.05, 4.69) is 10.1 Å².